The van der Waals surface area contributed by atoms with Crippen molar-refractivity contribution in [2.75, 3.05) is 40.3 Å². The molecule has 0 aliphatic carbocycles. The van der Waals surface area contributed by atoms with E-state index in [4.69, 9.17) is 0 Å². The van der Waals surface area contributed by atoms with Gasteiger partial charge in [0.2, 0.25) is 0 Å². The smallest absolute Gasteiger partial charge is 0.281 e. The zero-order chi connectivity index (χ0) is 14.5. The van der Waals surface area contributed by atoms with Gasteiger partial charge in [-0.2, -0.15) is 17.0 Å². The number of hydrogen-bond donors (Lipinski definition) is 1. The molecule has 6 heteroatoms. The lowest BCUT2D eigenvalue weighted by Crippen LogP contribution is -2.47. The Bertz CT molecular complexity index is 351. The topological polar surface area (TPSA) is 52.7 Å². The van der Waals surface area contributed by atoms with Crippen LogP contribution in [-0.2, 0) is 10.2 Å². The number of nitrogens with one attached hydrogen (secondary N) is 1. The van der Waals surface area contributed by atoms with Crippen molar-refractivity contribution in [3.8, 4) is 0 Å². The molecule has 1 heterocycles. The van der Waals surface area contributed by atoms with Gasteiger partial charge < -0.3 is 5.32 Å². The molecule has 19 heavy (non-hydrogen) atoms. The first-order valence-electron chi connectivity index (χ1n) is 7.27. The van der Waals surface area contributed by atoms with Gasteiger partial charge in [-0.25, -0.2) is 0 Å². The van der Waals surface area contributed by atoms with Gasteiger partial charge in [0.05, 0.1) is 0 Å². The Hall–Kier alpha value is -0.170. The zero-order valence-corrected chi connectivity index (χ0v) is 13.5. The Morgan fingerprint density at radius 1 is 1.37 bits per heavy atom. The van der Waals surface area contributed by atoms with Crippen molar-refractivity contribution in [2.45, 2.75) is 33.1 Å². The quantitative estimate of drug-likeness (QED) is 0.765. The van der Waals surface area contributed by atoms with Crippen molar-refractivity contribution in [3.05, 3.63) is 0 Å². The molecule has 5 nitrogen and oxygen atoms in total. The maximum Gasteiger partial charge on any atom is 0.281 e. The van der Waals surface area contributed by atoms with Crippen molar-refractivity contribution in [1.29, 1.82) is 0 Å². The molecule has 0 aromatic heterocycles. The molecule has 1 rings (SSSR count). The van der Waals surface area contributed by atoms with Crippen LogP contribution in [0.25, 0.3) is 0 Å². The fourth-order valence-electron chi connectivity index (χ4n) is 2.49. The van der Waals surface area contributed by atoms with Crippen LogP contribution in [0.15, 0.2) is 0 Å². The zero-order valence-electron chi connectivity index (χ0n) is 12.7. The molecule has 0 aromatic rings. The van der Waals surface area contributed by atoms with E-state index >= 15 is 0 Å². The van der Waals surface area contributed by atoms with Gasteiger partial charge in [0, 0.05) is 26.7 Å². The van der Waals surface area contributed by atoms with Crippen LogP contribution in [0.1, 0.15) is 33.1 Å². The van der Waals surface area contributed by atoms with Gasteiger partial charge >= 0.3 is 0 Å². The van der Waals surface area contributed by atoms with Gasteiger partial charge in [0.1, 0.15) is 0 Å². The molecule has 0 spiro atoms. The molecule has 1 N–H and O–H groups in total. The summed E-state index contributed by atoms with van der Waals surface area (Å²) in [5.74, 6) is 1.01. The van der Waals surface area contributed by atoms with Gasteiger partial charge in [-0.15, -0.1) is 0 Å². The molecular weight excluding hydrogens is 262 g/mol. The van der Waals surface area contributed by atoms with Crippen LogP contribution in [-0.4, -0.2) is 57.3 Å². The average molecular weight is 291 g/mol. The number of hydrogen-bond acceptors (Lipinski definition) is 3. The average Bonchev–Trinajstić information content (AvgIpc) is 2.39. The predicted molar refractivity (Wildman–Crippen MR) is 79.2 cm³/mol. The summed E-state index contributed by atoms with van der Waals surface area (Å²) in [5.41, 5.74) is 0. The summed E-state index contributed by atoms with van der Waals surface area (Å²) in [6.07, 6.45) is 2.92. The van der Waals surface area contributed by atoms with Crippen LogP contribution >= 0.6 is 0 Å². The second-order valence-electron chi connectivity index (χ2n) is 5.70. The largest absolute Gasteiger partial charge is 0.319 e. The molecule has 0 amide bonds. The van der Waals surface area contributed by atoms with Gasteiger partial charge in [0.25, 0.3) is 10.2 Å². The highest BCUT2D eigenvalue weighted by atomic mass is 32.2. The van der Waals surface area contributed by atoms with E-state index in [0.29, 0.717) is 31.5 Å². The van der Waals surface area contributed by atoms with Crippen LogP contribution in [0.4, 0.5) is 0 Å². The van der Waals surface area contributed by atoms with Crippen molar-refractivity contribution in [1.82, 2.24) is 13.9 Å². The van der Waals surface area contributed by atoms with Crippen molar-refractivity contribution in [2.24, 2.45) is 11.8 Å². The molecule has 1 aliphatic rings. The fourth-order valence-corrected chi connectivity index (χ4v) is 4.00. The third-order valence-electron chi connectivity index (χ3n) is 4.05. The number of rotatable bonds is 7. The molecule has 1 saturated heterocycles. The van der Waals surface area contributed by atoms with E-state index in [-0.39, 0.29) is 0 Å². The lowest BCUT2D eigenvalue weighted by atomic mass is 9.98. The maximum atomic E-state index is 12.4. The van der Waals surface area contributed by atoms with E-state index < -0.39 is 10.2 Å². The van der Waals surface area contributed by atoms with E-state index in [2.05, 4.69) is 19.2 Å². The lowest BCUT2D eigenvalue weighted by Gasteiger charge is -2.34. The second kappa shape index (κ2) is 7.57. The molecule has 0 radical (unpaired) electrons. The second-order valence-corrected chi connectivity index (χ2v) is 7.74. The molecule has 0 aromatic carbocycles. The molecule has 1 unspecified atom stereocenters. The van der Waals surface area contributed by atoms with E-state index in [0.717, 1.165) is 25.8 Å². The van der Waals surface area contributed by atoms with Crippen molar-refractivity contribution < 1.29 is 8.42 Å². The van der Waals surface area contributed by atoms with Crippen LogP contribution in [0.5, 0.6) is 0 Å². The van der Waals surface area contributed by atoms with E-state index in [1.54, 1.807) is 11.4 Å². The monoisotopic (exact) mass is 291 g/mol. The predicted octanol–water partition coefficient (Wildman–Crippen LogP) is 1.14. The van der Waals surface area contributed by atoms with Crippen molar-refractivity contribution >= 4 is 10.2 Å². The third kappa shape index (κ3) is 4.70. The summed E-state index contributed by atoms with van der Waals surface area (Å²) in [5, 5.41) is 3.17. The summed E-state index contributed by atoms with van der Waals surface area (Å²) < 4.78 is 28.0. The SMILES string of the molecule is CCC(C)CN(C)S(=O)(=O)N1CCC(CNC)CC1. The Kier molecular flexibility index (Phi) is 6.73. The van der Waals surface area contributed by atoms with Crippen LogP contribution in [0, 0.1) is 11.8 Å². The summed E-state index contributed by atoms with van der Waals surface area (Å²) >= 11 is 0. The van der Waals surface area contributed by atoms with E-state index in [1.165, 1.54) is 4.31 Å². The maximum absolute atomic E-state index is 12.4. The van der Waals surface area contributed by atoms with Gasteiger partial charge in [-0.05, 0) is 38.3 Å². The minimum atomic E-state index is -3.26. The van der Waals surface area contributed by atoms with Crippen LogP contribution < -0.4 is 5.32 Å². The molecule has 1 fully saturated rings. The molecule has 0 saturated carbocycles. The Morgan fingerprint density at radius 3 is 2.42 bits per heavy atom. The fraction of sp³-hybridized carbons (Fsp3) is 1.00. The lowest BCUT2D eigenvalue weighted by molar-refractivity contribution is 0.252. The van der Waals surface area contributed by atoms with Crippen LogP contribution in [0.3, 0.4) is 0 Å². The first kappa shape index (κ1) is 16.9. The summed E-state index contributed by atoms with van der Waals surface area (Å²) in [6, 6.07) is 0. The molecule has 1 atom stereocenters. The Labute approximate surface area is 118 Å². The highest BCUT2D eigenvalue weighted by molar-refractivity contribution is 7.86. The summed E-state index contributed by atoms with van der Waals surface area (Å²) in [4.78, 5) is 0. The Balaban J connectivity index is 2.54. The molecule has 1 aliphatic heterocycles. The minimum Gasteiger partial charge on any atom is -0.319 e. The van der Waals surface area contributed by atoms with Crippen molar-refractivity contribution in [3.63, 3.8) is 0 Å². The van der Waals surface area contributed by atoms with E-state index in [1.807, 2.05) is 7.05 Å². The van der Waals surface area contributed by atoms with Gasteiger partial charge in [-0.1, -0.05) is 20.3 Å². The molecule has 0 bridgehead atoms. The van der Waals surface area contributed by atoms with Gasteiger partial charge in [-0.3, -0.25) is 0 Å². The Morgan fingerprint density at radius 2 is 1.95 bits per heavy atom. The highest BCUT2D eigenvalue weighted by Gasteiger charge is 2.31. The highest BCUT2D eigenvalue weighted by Crippen LogP contribution is 2.21. The van der Waals surface area contributed by atoms with Crippen LogP contribution in [0.2, 0.25) is 0 Å². The molecular formula is C13H29N3O2S. The summed E-state index contributed by atoms with van der Waals surface area (Å²) in [6.45, 7) is 7.07. The standard InChI is InChI=1S/C13H29N3O2S/c1-5-12(2)11-15(4)19(17,18)16-8-6-13(7-9-16)10-14-3/h12-14H,5-11H2,1-4H3. The van der Waals surface area contributed by atoms with E-state index in [9.17, 15) is 8.42 Å². The normalized spacial score (nSPS) is 20.9. The summed E-state index contributed by atoms with van der Waals surface area (Å²) in [7, 11) is 0.384. The first-order chi connectivity index (χ1) is 8.91. The number of nitrogens with zero attached hydrogens (tertiary/aromatic N) is 2. The molecule has 114 valence electrons. The minimum absolute atomic E-state index is 0.404. The number of piperidine rings is 1. The third-order valence-corrected chi connectivity index (χ3v) is 6.01. The first-order valence-corrected chi connectivity index (χ1v) is 8.67. The van der Waals surface area contributed by atoms with Gasteiger partial charge in [0.15, 0.2) is 0 Å².